The first-order valence-corrected chi connectivity index (χ1v) is 6.55. The van der Waals surface area contributed by atoms with Gasteiger partial charge in [0.05, 0.1) is 5.60 Å². The molecule has 1 atom stereocenters. The van der Waals surface area contributed by atoms with Crippen LogP contribution in [0.25, 0.3) is 0 Å². The fraction of sp³-hybridized carbons (Fsp3) is 0.600. The summed E-state index contributed by atoms with van der Waals surface area (Å²) in [5, 5.41) is 9.92. The maximum atomic E-state index is 9.92. The van der Waals surface area contributed by atoms with Gasteiger partial charge in [-0.2, -0.15) is 0 Å². The monoisotopic (exact) mass is 233 g/mol. The summed E-state index contributed by atoms with van der Waals surface area (Å²) in [5.41, 5.74) is 0.819. The van der Waals surface area contributed by atoms with Crippen LogP contribution in [-0.4, -0.2) is 34.7 Å². The topological polar surface area (TPSA) is 23.5 Å². The Morgan fingerprint density at radius 2 is 2.00 bits per heavy atom. The van der Waals surface area contributed by atoms with Crippen LogP contribution in [0.1, 0.15) is 32.3 Å². The lowest BCUT2D eigenvalue weighted by atomic mass is 10.0. The van der Waals surface area contributed by atoms with Crippen molar-refractivity contribution in [3.63, 3.8) is 0 Å². The van der Waals surface area contributed by atoms with E-state index in [4.69, 9.17) is 0 Å². The number of benzene rings is 1. The molecule has 0 saturated carbocycles. The van der Waals surface area contributed by atoms with Crippen molar-refractivity contribution in [3.05, 3.63) is 35.9 Å². The van der Waals surface area contributed by atoms with E-state index in [1.807, 2.05) is 13.8 Å². The smallest absolute Gasteiger partial charge is 0.0718 e. The predicted octanol–water partition coefficient (Wildman–Crippen LogP) is 2.46. The number of hydrogen-bond acceptors (Lipinski definition) is 2. The third-order valence-electron chi connectivity index (χ3n) is 3.40. The lowest BCUT2D eigenvalue weighted by molar-refractivity contribution is 0.0320. The van der Waals surface area contributed by atoms with Crippen molar-refractivity contribution in [2.75, 3.05) is 13.1 Å². The molecule has 1 heterocycles. The van der Waals surface area contributed by atoms with E-state index in [1.165, 1.54) is 18.4 Å². The van der Waals surface area contributed by atoms with Gasteiger partial charge in [0, 0.05) is 12.6 Å². The van der Waals surface area contributed by atoms with Crippen LogP contribution in [0.15, 0.2) is 30.3 Å². The lowest BCUT2D eigenvalue weighted by Gasteiger charge is -2.30. The Morgan fingerprint density at radius 1 is 1.29 bits per heavy atom. The van der Waals surface area contributed by atoms with Gasteiger partial charge in [-0.15, -0.1) is 0 Å². The van der Waals surface area contributed by atoms with E-state index in [0.717, 1.165) is 19.5 Å². The second-order valence-electron chi connectivity index (χ2n) is 5.77. The third-order valence-corrected chi connectivity index (χ3v) is 3.40. The van der Waals surface area contributed by atoms with Gasteiger partial charge in [0.15, 0.2) is 0 Å². The predicted molar refractivity (Wildman–Crippen MR) is 71.0 cm³/mol. The van der Waals surface area contributed by atoms with Crippen molar-refractivity contribution in [1.82, 2.24) is 4.90 Å². The molecule has 1 aromatic carbocycles. The highest BCUT2D eigenvalue weighted by atomic mass is 16.3. The zero-order valence-corrected chi connectivity index (χ0v) is 10.9. The number of nitrogens with zero attached hydrogens (tertiary/aromatic N) is 1. The molecule has 1 saturated heterocycles. The molecule has 0 spiro atoms. The minimum atomic E-state index is -0.584. The van der Waals surface area contributed by atoms with Crippen LogP contribution in [-0.2, 0) is 6.42 Å². The summed E-state index contributed by atoms with van der Waals surface area (Å²) >= 11 is 0. The van der Waals surface area contributed by atoms with Gasteiger partial charge in [0.25, 0.3) is 0 Å². The quantitative estimate of drug-likeness (QED) is 0.863. The van der Waals surface area contributed by atoms with Crippen molar-refractivity contribution < 1.29 is 5.11 Å². The second kappa shape index (κ2) is 5.19. The molecule has 94 valence electrons. The summed E-state index contributed by atoms with van der Waals surface area (Å²) in [7, 11) is 0. The third kappa shape index (κ3) is 3.83. The Morgan fingerprint density at radius 3 is 2.65 bits per heavy atom. The van der Waals surface area contributed by atoms with E-state index >= 15 is 0 Å². The normalized spacial score (nSPS) is 21.9. The minimum Gasteiger partial charge on any atom is -0.389 e. The van der Waals surface area contributed by atoms with E-state index in [0.29, 0.717) is 6.04 Å². The zero-order valence-electron chi connectivity index (χ0n) is 10.9. The molecule has 1 fully saturated rings. The molecule has 2 heteroatoms. The van der Waals surface area contributed by atoms with Crippen LogP contribution < -0.4 is 0 Å². The molecule has 0 aliphatic carbocycles. The summed E-state index contributed by atoms with van der Waals surface area (Å²) in [5.74, 6) is 0. The van der Waals surface area contributed by atoms with Crippen LogP contribution >= 0.6 is 0 Å². The Labute approximate surface area is 104 Å². The van der Waals surface area contributed by atoms with Gasteiger partial charge in [-0.1, -0.05) is 30.3 Å². The van der Waals surface area contributed by atoms with Crippen molar-refractivity contribution >= 4 is 0 Å². The summed E-state index contributed by atoms with van der Waals surface area (Å²) < 4.78 is 0. The van der Waals surface area contributed by atoms with E-state index < -0.39 is 5.60 Å². The van der Waals surface area contributed by atoms with Crippen molar-refractivity contribution in [1.29, 1.82) is 0 Å². The van der Waals surface area contributed by atoms with Crippen LogP contribution in [0.2, 0.25) is 0 Å². The highest BCUT2D eigenvalue weighted by Crippen LogP contribution is 2.23. The molecular weight excluding hydrogens is 210 g/mol. The van der Waals surface area contributed by atoms with Gasteiger partial charge in [0.1, 0.15) is 0 Å². The van der Waals surface area contributed by atoms with E-state index in [1.54, 1.807) is 0 Å². The Kier molecular flexibility index (Phi) is 3.85. The van der Waals surface area contributed by atoms with Crippen LogP contribution in [0.5, 0.6) is 0 Å². The average Bonchev–Trinajstić information content (AvgIpc) is 2.65. The molecule has 1 aliphatic rings. The SMILES string of the molecule is CC(C)(O)CN1CCCC1Cc1ccccc1. The molecule has 0 bridgehead atoms. The second-order valence-corrected chi connectivity index (χ2v) is 5.77. The Balaban J connectivity index is 1.96. The van der Waals surface area contributed by atoms with Crippen molar-refractivity contribution in [2.45, 2.75) is 44.8 Å². The van der Waals surface area contributed by atoms with Gasteiger partial charge in [-0.25, -0.2) is 0 Å². The van der Waals surface area contributed by atoms with Gasteiger partial charge in [-0.3, -0.25) is 4.90 Å². The number of rotatable bonds is 4. The Bertz CT molecular complexity index is 342. The molecule has 1 N–H and O–H groups in total. The number of likely N-dealkylation sites (tertiary alicyclic amines) is 1. The van der Waals surface area contributed by atoms with Gasteiger partial charge in [0.2, 0.25) is 0 Å². The highest BCUT2D eigenvalue weighted by Gasteiger charge is 2.28. The van der Waals surface area contributed by atoms with Gasteiger partial charge < -0.3 is 5.11 Å². The molecule has 17 heavy (non-hydrogen) atoms. The van der Waals surface area contributed by atoms with E-state index in [9.17, 15) is 5.11 Å². The summed E-state index contributed by atoms with van der Waals surface area (Å²) in [6, 6.07) is 11.3. The molecule has 0 amide bonds. The minimum absolute atomic E-state index is 0.584. The fourth-order valence-corrected chi connectivity index (χ4v) is 2.72. The van der Waals surface area contributed by atoms with Crippen molar-refractivity contribution in [3.8, 4) is 0 Å². The summed E-state index contributed by atoms with van der Waals surface area (Å²) in [6.07, 6.45) is 3.62. The van der Waals surface area contributed by atoms with Gasteiger partial charge >= 0.3 is 0 Å². The molecule has 2 nitrogen and oxygen atoms in total. The molecule has 1 aliphatic heterocycles. The fourth-order valence-electron chi connectivity index (χ4n) is 2.72. The van der Waals surface area contributed by atoms with Crippen LogP contribution in [0.4, 0.5) is 0 Å². The van der Waals surface area contributed by atoms with Gasteiger partial charge in [-0.05, 0) is 45.2 Å². The maximum absolute atomic E-state index is 9.92. The molecule has 0 aromatic heterocycles. The van der Waals surface area contributed by atoms with Crippen LogP contribution in [0.3, 0.4) is 0 Å². The largest absolute Gasteiger partial charge is 0.389 e. The summed E-state index contributed by atoms with van der Waals surface area (Å²) in [4.78, 5) is 2.44. The first-order chi connectivity index (χ1) is 8.04. The number of β-amino-alcohol motifs (C(OH)–C–C–N with tert-alkyl or cyclic N) is 1. The van der Waals surface area contributed by atoms with E-state index in [-0.39, 0.29) is 0 Å². The number of hydrogen-bond donors (Lipinski definition) is 1. The lowest BCUT2D eigenvalue weighted by Crippen LogP contribution is -2.42. The van der Waals surface area contributed by atoms with Crippen molar-refractivity contribution in [2.24, 2.45) is 0 Å². The Hall–Kier alpha value is -0.860. The molecule has 1 unspecified atom stereocenters. The molecular formula is C15H23NO. The first-order valence-electron chi connectivity index (χ1n) is 6.55. The standard InChI is InChI=1S/C15H23NO/c1-15(2,17)12-16-10-6-9-14(16)11-13-7-4-3-5-8-13/h3-5,7-8,14,17H,6,9-12H2,1-2H3. The molecule has 2 rings (SSSR count). The summed E-state index contributed by atoms with van der Waals surface area (Å²) in [6.45, 7) is 5.70. The number of aliphatic hydroxyl groups is 1. The average molecular weight is 233 g/mol. The molecule has 0 radical (unpaired) electrons. The molecule has 1 aromatic rings. The zero-order chi connectivity index (χ0) is 12.3. The highest BCUT2D eigenvalue weighted by molar-refractivity contribution is 5.16. The maximum Gasteiger partial charge on any atom is 0.0718 e. The van der Waals surface area contributed by atoms with Crippen LogP contribution in [0, 0.1) is 0 Å². The first kappa shape index (κ1) is 12.6. The van der Waals surface area contributed by atoms with E-state index in [2.05, 4.69) is 35.2 Å².